The molecule has 1 fully saturated rings. The number of benzene rings is 1. The van der Waals surface area contributed by atoms with Crippen molar-refractivity contribution in [3.63, 3.8) is 0 Å². The van der Waals surface area contributed by atoms with Crippen molar-refractivity contribution >= 4 is 35.2 Å². The maximum absolute atomic E-state index is 12.5. The van der Waals surface area contributed by atoms with E-state index in [0.29, 0.717) is 12.5 Å². The number of nitrogens with zero attached hydrogens (tertiary/aromatic N) is 4. The first-order valence-electron chi connectivity index (χ1n) is 7.94. The van der Waals surface area contributed by atoms with Crippen LogP contribution in [0.15, 0.2) is 35.5 Å². The molecule has 4 rings (SSSR count). The fourth-order valence-corrected chi connectivity index (χ4v) is 3.92. The average Bonchev–Trinajstić information content (AvgIpc) is 3.20. The van der Waals surface area contributed by atoms with Crippen LogP contribution in [0.25, 0.3) is 0 Å². The SMILES string of the molecule is O=C(Nc1nnc2n1CCCS2)C1CC(=O)N(c2ccccc2)C1. The normalized spacial score (nSPS) is 20.1. The molecule has 1 atom stereocenters. The number of fused-ring (bicyclic) bond motifs is 1. The van der Waals surface area contributed by atoms with Crippen molar-refractivity contribution in [3.8, 4) is 0 Å². The molecule has 1 N–H and O–H groups in total. The number of carbonyl (C=O) groups excluding carboxylic acids is 2. The van der Waals surface area contributed by atoms with Crippen molar-refractivity contribution in [1.82, 2.24) is 14.8 Å². The van der Waals surface area contributed by atoms with Gasteiger partial charge in [-0.1, -0.05) is 30.0 Å². The third kappa shape index (κ3) is 2.77. The molecule has 0 saturated carbocycles. The van der Waals surface area contributed by atoms with Gasteiger partial charge in [0.05, 0.1) is 5.92 Å². The first kappa shape index (κ1) is 15.2. The van der Waals surface area contributed by atoms with E-state index in [0.717, 1.165) is 29.6 Å². The van der Waals surface area contributed by atoms with Crippen LogP contribution < -0.4 is 10.2 Å². The summed E-state index contributed by atoms with van der Waals surface area (Å²) >= 11 is 1.64. The summed E-state index contributed by atoms with van der Waals surface area (Å²) in [6, 6.07) is 9.43. The number of carbonyl (C=O) groups is 2. The van der Waals surface area contributed by atoms with Gasteiger partial charge in [0.25, 0.3) is 0 Å². The van der Waals surface area contributed by atoms with Gasteiger partial charge in [0.1, 0.15) is 0 Å². The van der Waals surface area contributed by atoms with E-state index in [1.165, 1.54) is 0 Å². The standard InChI is InChI=1S/C16H17N5O2S/c22-13-9-11(10-21(13)12-5-2-1-3-6-12)14(23)17-15-18-19-16-20(15)7-4-8-24-16/h1-3,5-6,11H,4,7-10H2,(H,17,18,23). The highest BCUT2D eigenvalue weighted by Gasteiger charge is 2.35. The highest BCUT2D eigenvalue weighted by atomic mass is 32.2. The van der Waals surface area contributed by atoms with Crippen LogP contribution in [0.3, 0.4) is 0 Å². The summed E-state index contributed by atoms with van der Waals surface area (Å²) in [6.07, 6.45) is 1.25. The number of aromatic nitrogens is 3. The van der Waals surface area contributed by atoms with E-state index in [2.05, 4.69) is 15.5 Å². The minimum atomic E-state index is -0.373. The second-order valence-corrected chi connectivity index (χ2v) is 6.95. The van der Waals surface area contributed by atoms with Crippen LogP contribution in [0.2, 0.25) is 0 Å². The molecule has 2 amide bonds. The van der Waals surface area contributed by atoms with Gasteiger partial charge in [0, 0.05) is 31.0 Å². The lowest BCUT2D eigenvalue weighted by atomic mass is 10.1. The maximum Gasteiger partial charge on any atom is 0.232 e. The van der Waals surface area contributed by atoms with Gasteiger partial charge >= 0.3 is 0 Å². The topological polar surface area (TPSA) is 80.1 Å². The van der Waals surface area contributed by atoms with Crippen molar-refractivity contribution in [2.24, 2.45) is 5.92 Å². The van der Waals surface area contributed by atoms with E-state index in [9.17, 15) is 9.59 Å². The number of anilines is 2. The van der Waals surface area contributed by atoms with Crippen LogP contribution in [0.4, 0.5) is 11.6 Å². The van der Waals surface area contributed by atoms with Crippen LogP contribution in [0.1, 0.15) is 12.8 Å². The third-order valence-electron chi connectivity index (χ3n) is 4.27. The van der Waals surface area contributed by atoms with Crippen LogP contribution in [0.5, 0.6) is 0 Å². The molecule has 1 aromatic heterocycles. The molecule has 2 aliphatic rings. The lowest BCUT2D eigenvalue weighted by Crippen LogP contribution is -2.29. The van der Waals surface area contributed by atoms with Crippen molar-refractivity contribution < 1.29 is 9.59 Å². The Morgan fingerprint density at radius 1 is 1.25 bits per heavy atom. The highest BCUT2D eigenvalue weighted by Crippen LogP contribution is 2.28. The quantitative estimate of drug-likeness (QED) is 0.919. The van der Waals surface area contributed by atoms with Crippen LogP contribution in [0, 0.1) is 5.92 Å². The zero-order valence-corrected chi connectivity index (χ0v) is 13.8. The van der Waals surface area contributed by atoms with Gasteiger partial charge in [-0.2, -0.15) is 0 Å². The summed E-state index contributed by atoms with van der Waals surface area (Å²) < 4.78 is 1.93. The molecule has 3 heterocycles. The van der Waals surface area contributed by atoms with E-state index in [-0.39, 0.29) is 24.2 Å². The second kappa shape index (κ2) is 6.27. The van der Waals surface area contributed by atoms with E-state index in [1.54, 1.807) is 16.7 Å². The molecule has 8 heteroatoms. The fourth-order valence-electron chi connectivity index (χ4n) is 3.03. The molecule has 0 spiro atoms. The zero-order valence-electron chi connectivity index (χ0n) is 13.0. The lowest BCUT2D eigenvalue weighted by Gasteiger charge is -2.17. The average molecular weight is 343 g/mol. The highest BCUT2D eigenvalue weighted by molar-refractivity contribution is 7.99. The Bertz CT molecular complexity index is 776. The van der Waals surface area contributed by atoms with Gasteiger partial charge in [-0.05, 0) is 18.6 Å². The van der Waals surface area contributed by atoms with Crippen LogP contribution in [-0.2, 0) is 16.1 Å². The maximum atomic E-state index is 12.5. The van der Waals surface area contributed by atoms with Gasteiger partial charge in [-0.3, -0.25) is 19.5 Å². The Hall–Kier alpha value is -2.35. The summed E-state index contributed by atoms with van der Waals surface area (Å²) in [5.74, 6) is 0.928. The molecule has 1 aromatic carbocycles. The number of amides is 2. The molecule has 7 nitrogen and oxygen atoms in total. The Morgan fingerprint density at radius 3 is 2.92 bits per heavy atom. The van der Waals surface area contributed by atoms with Crippen molar-refractivity contribution in [2.45, 2.75) is 24.5 Å². The summed E-state index contributed by atoms with van der Waals surface area (Å²) in [5.41, 5.74) is 0.828. The number of nitrogens with one attached hydrogen (secondary N) is 1. The molecule has 0 bridgehead atoms. The number of hydrogen-bond acceptors (Lipinski definition) is 5. The van der Waals surface area contributed by atoms with Gasteiger partial charge in [-0.15, -0.1) is 10.2 Å². The van der Waals surface area contributed by atoms with E-state index < -0.39 is 0 Å². The predicted molar refractivity (Wildman–Crippen MR) is 90.9 cm³/mol. The van der Waals surface area contributed by atoms with Crippen molar-refractivity contribution in [3.05, 3.63) is 30.3 Å². The lowest BCUT2D eigenvalue weighted by molar-refractivity contribution is -0.122. The summed E-state index contributed by atoms with van der Waals surface area (Å²) in [5, 5.41) is 11.8. The first-order valence-corrected chi connectivity index (χ1v) is 8.93. The van der Waals surface area contributed by atoms with Crippen LogP contribution in [-0.4, -0.2) is 38.9 Å². The molecule has 24 heavy (non-hydrogen) atoms. The minimum Gasteiger partial charge on any atom is -0.312 e. The summed E-state index contributed by atoms with van der Waals surface area (Å²) in [6.45, 7) is 1.20. The monoisotopic (exact) mass is 343 g/mol. The fraction of sp³-hybridized carbons (Fsp3) is 0.375. The second-order valence-electron chi connectivity index (χ2n) is 5.89. The van der Waals surface area contributed by atoms with E-state index in [4.69, 9.17) is 0 Å². The van der Waals surface area contributed by atoms with Gasteiger partial charge < -0.3 is 4.90 Å². The Balaban J connectivity index is 1.46. The molecule has 124 valence electrons. The zero-order chi connectivity index (χ0) is 16.5. The third-order valence-corrected chi connectivity index (χ3v) is 5.33. The Morgan fingerprint density at radius 2 is 2.08 bits per heavy atom. The summed E-state index contributed by atoms with van der Waals surface area (Å²) in [4.78, 5) is 26.4. The first-order chi connectivity index (χ1) is 11.7. The molecule has 0 radical (unpaired) electrons. The molecular formula is C16H17N5O2S. The van der Waals surface area contributed by atoms with Crippen molar-refractivity contribution in [2.75, 3.05) is 22.5 Å². The van der Waals surface area contributed by atoms with Gasteiger partial charge in [0.15, 0.2) is 5.16 Å². The number of thioether (sulfide) groups is 1. The molecular weight excluding hydrogens is 326 g/mol. The molecule has 2 aromatic rings. The van der Waals surface area contributed by atoms with Gasteiger partial charge in [0.2, 0.25) is 17.8 Å². The van der Waals surface area contributed by atoms with Gasteiger partial charge in [-0.25, -0.2) is 0 Å². The van der Waals surface area contributed by atoms with E-state index >= 15 is 0 Å². The molecule has 2 aliphatic heterocycles. The largest absolute Gasteiger partial charge is 0.312 e. The molecule has 1 saturated heterocycles. The Labute approximate surface area is 143 Å². The minimum absolute atomic E-state index is 0.0276. The number of rotatable bonds is 3. The van der Waals surface area contributed by atoms with E-state index in [1.807, 2.05) is 34.9 Å². The smallest absolute Gasteiger partial charge is 0.232 e. The van der Waals surface area contributed by atoms with Crippen LogP contribution >= 0.6 is 11.8 Å². The number of hydrogen-bond donors (Lipinski definition) is 1. The Kier molecular flexibility index (Phi) is 3.97. The summed E-state index contributed by atoms with van der Waals surface area (Å²) in [7, 11) is 0. The molecule has 0 aliphatic carbocycles. The molecule has 1 unspecified atom stereocenters. The van der Waals surface area contributed by atoms with Crippen molar-refractivity contribution in [1.29, 1.82) is 0 Å². The predicted octanol–water partition coefficient (Wildman–Crippen LogP) is 1.77. The number of para-hydroxylation sites is 1.